The first kappa shape index (κ1) is 15.2. The lowest BCUT2D eigenvalue weighted by atomic mass is 9.97. The minimum Gasteiger partial charge on any atom is -0.398 e. The number of benzene rings is 2. The summed E-state index contributed by atoms with van der Waals surface area (Å²) in [4.78, 5) is 7.49. The predicted octanol–water partition coefficient (Wildman–Crippen LogP) is 4.80. The molecule has 0 saturated carbocycles. The van der Waals surface area contributed by atoms with E-state index >= 15 is 0 Å². The molecular weight excluding hydrogens is 306 g/mol. The van der Waals surface area contributed by atoms with Crippen molar-refractivity contribution in [2.45, 2.75) is 6.42 Å². The molecule has 3 heteroatoms. The summed E-state index contributed by atoms with van der Waals surface area (Å²) in [6.45, 7) is 4.27. The van der Waals surface area contributed by atoms with Gasteiger partial charge in [-0.25, -0.2) is 4.98 Å². The van der Waals surface area contributed by atoms with Crippen LogP contribution in [0.1, 0.15) is 22.3 Å². The van der Waals surface area contributed by atoms with Gasteiger partial charge in [0, 0.05) is 29.0 Å². The second-order valence-electron chi connectivity index (χ2n) is 6.16. The van der Waals surface area contributed by atoms with Crippen LogP contribution in [0.2, 0.25) is 0 Å². The van der Waals surface area contributed by atoms with Crippen LogP contribution in [0, 0.1) is 0 Å². The second kappa shape index (κ2) is 6.29. The van der Waals surface area contributed by atoms with Gasteiger partial charge < -0.3 is 10.7 Å². The molecule has 0 aliphatic carbocycles. The van der Waals surface area contributed by atoms with Gasteiger partial charge in [0.15, 0.2) is 0 Å². The van der Waals surface area contributed by atoms with Crippen molar-refractivity contribution >= 4 is 22.3 Å². The van der Waals surface area contributed by atoms with Crippen molar-refractivity contribution in [3.8, 4) is 0 Å². The van der Waals surface area contributed by atoms with Crippen LogP contribution in [-0.4, -0.2) is 9.97 Å². The first-order chi connectivity index (χ1) is 12.2. The van der Waals surface area contributed by atoms with Gasteiger partial charge in [-0.1, -0.05) is 61.2 Å². The standard InChI is InChI=1S/C22H19N3/c1-15(19-14-25-22-21(19)20(23)11-12-24-22)18-9-7-17(8-10-18)13-16-5-3-2-4-6-16/h2-12,14H,1,13H2,(H3,23,24,25). The van der Waals surface area contributed by atoms with Crippen LogP contribution in [0.3, 0.4) is 0 Å². The lowest BCUT2D eigenvalue weighted by molar-refractivity contribution is 1.19. The van der Waals surface area contributed by atoms with Crippen LogP contribution in [0.25, 0.3) is 16.6 Å². The summed E-state index contributed by atoms with van der Waals surface area (Å²) in [6, 6.07) is 20.8. The van der Waals surface area contributed by atoms with Gasteiger partial charge in [0.1, 0.15) is 5.65 Å². The fourth-order valence-corrected chi connectivity index (χ4v) is 3.13. The predicted molar refractivity (Wildman–Crippen MR) is 104 cm³/mol. The number of H-pyrrole nitrogens is 1. The average molecular weight is 325 g/mol. The Morgan fingerprint density at radius 1 is 0.960 bits per heavy atom. The molecule has 25 heavy (non-hydrogen) atoms. The Morgan fingerprint density at radius 2 is 1.68 bits per heavy atom. The largest absolute Gasteiger partial charge is 0.398 e. The van der Waals surface area contributed by atoms with Gasteiger partial charge in [0.05, 0.1) is 0 Å². The number of hydrogen-bond donors (Lipinski definition) is 2. The van der Waals surface area contributed by atoms with Crippen LogP contribution in [0.5, 0.6) is 0 Å². The molecule has 0 bridgehead atoms. The Morgan fingerprint density at radius 3 is 2.44 bits per heavy atom. The second-order valence-corrected chi connectivity index (χ2v) is 6.16. The summed E-state index contributed by atoms with van der Waals surface area (Å²) in [7, 11) is 0. The van der Waals surface area contributed by atoms with Crippen LogP contribution in [0.15, 0.2) is 79.6 Å². The number of pyridine rings is 1. The van der Waals surface area contributed by atoms with E-state index in [-0.39, 0.29) is 0 Å². The van der Waals surface area contributed by atoms with E-state index in [1.165, 1.54) is 11.1 Å². The van der Waals surface area contributed by atoms with Crippen LogP contribution < -0.4 is 5.73 Å². The third-order valence-electron chi connectivity index (χ3n) is 4.48. The summed E-state index contributed by atoms with van der Waals surface area (Å²) in [5.41, 5.74) is 13.2. The number of aromatic nitrogens is 2. The van der Waals surface area contributed by atoms with Gasteiger partial charge in [-0.3, -0.25) is 0 Å². The molecule has 0 amide bonds. The van der Waals surface area contributed by atoms with Gasteiger partial charge in [0.25, 0.3) is 0 Å². The summed E-state index contributed by atoms with van der Waals surface area (Å²) < 4.78 is 0. The number of fused-ring (bicyclic) bond motifs is 1. The molecule has 0 aliphatic rings. The first-order valence-corrected chi connectivity index (χ1v) is 8.26. The minimum atomic E-state index is 0.711. The minimum absolute atomic E-state index is 0.711. The number of hydrogen-bond acceptors (Lipinski definition) is 2. The first-order valence-electron chi connectivity index (χ1n) is 8.26. The molecule has 0 radical (unpaired) electrons. The van der Waals surface area contributed by atoms with Crippen molar-refractivity contribution in [1.29, 1.82) is 0 Å². The number of nitrogens with zero attached hydrogens (tertiary/aromatic N) is 1. The average Bonchev–Trinajstić information content (AvgIpc) is 3.08. The van der Waals surface area contributed by atoms with Gasteiger partial charge in [-0.15, -0.1) is 0 Å². The van der Waals surface area contributed by atoms with Crippen molar-refractivity contribution in [3.63, 3.8) is 0 Å². The molecule has 0 atom stereocenters. The molecule has 122 valence electrons. The summed E-state index contributed by atoms with van der Waals surface area (Å²) in [6.07, 6.45) is 4.56. The van der Waals surface area contributed by atoms with E-state index in [9.17, 15) is 0 Å². The Labute approximate surface area is 146 Å². The summed E-state index contributed by atoms with van der Waals surface area (Å²) in [5, 5.41) is 0.931. The van der Waals surface area contributed by atoms with E-state index in [0.29, 0.717) is 5.69 Å². The molecule has 2 heterocycles. The highest BCUT2D eigenvalue weighted by molar-refractivity contribution is 6.01. The zero-order chi connectivity index (χ0) is 17.2. The zero-order valence-electron chi connectivity index (χ0n) is 13.9. The maximum Gasteiger partial charge on any atom is 0.139 e. The molecule has 2 aromatic heterocycles. The molecule has 0 fully saturated rings. The van der Waals surface area contributed by atoms with Crippen molar-refractivity contribution in [1.82, 2.24) is 9.97 Å². The molecular formula is C22H19N3. The molecule has 0 aliphatic heterocycles. The molecule has 4 aromatic rings. The number of nitrogen functional groups attached to an aromatic ring is 1. The zero-order valence-corrected chi connectivity index (χ0v) is 13.9. The van der Waals surface area contributed by atoms with E-state index in [2.05, 4.69) is 65.1 Å². The van der Waals surface area contributed by atoms with Crippen molar-refractivity contribution < 1.29 is 0 Å². The summed E-state index contributed by atoms with van der Waals surface area (Å²) in [5.74, 6) is 0. The lowest BCUT2D eigenvalue weighted by Crippen LogP contribution is -1.92. The highest BCUT2D eigenvalue weighted by atomic mass is 14.8. The van der Waals surface area contributed by atoms with Gasteiger partial charge in [-0.05, 0) is 34.8 Å². The summed E-state index contributed by atoms with van der Waals surface area (Å²) >= 11 is 0. The monoisotopic (exact) mass is 325 g/mol. The van der Waals surface area contributed by atoms with Crippen LogP contribution in [0.4, 0.5) is 5.69 Å². The Balaban J connectivity index is 1.62. The number of nitrogens with one attached hydrogen (secondary N) is 1. The fourth-order valence-electron chi connectivity index (χ4n) is 3.13. The molecule has 4 rings (SSSR count). The topological polar surface area (TPSA) is 54.7 Å². The van der Waals surface area contributed by atoms with Crippen LogP contribution >= 0.6 is 0 Å². The molecule has 0 unspecified atom stereocenters. The molecule has 3 nitrogen and oxygen atoms in total. The number of anilines is 1. The van der Waals surface area contributed by atoms with E-state index in [4.69, 9.17) is 5.73 Å². The van der Waals surface area contributed by atoms with Crippen molar-refractivity contribution in [3.05, 3.63) is 102 Å². The Hall–Kier alpha value is -3.33. The third kappa shape index (κ3) is 2.92. The van der Waals surface area contributed by atoms with Crippen LogP contribution in [-0.2, 0) is 6.42 Å². The molecule has 0 spiro atoms. The van der Waals surface area contributed by atoms with Gasteiger partial charge in [0.2, 0.25) is 0 Å². The fraction of sp³-hybridized carbons (Fsp3) is 0.0455. The Bertz CT molecular complexity index is 1030. The molecule has 3 N–H and O–H groups in total. The highest BCUT2D eigenvalue weighted by Crippen LogP contribution is 2.31. The van der Waals surface area contributed by atoms with E-state index in [0.717, 1.165) is 34.2 Å². The number of nitrogens with two attached hydrogens (primary N) is 1. The maximum atomic E-state index is 6.13. The van der Waals surface area contributed by atoms with Gasteiger partial charge in [-0.2, -0.15) is 0 Å². The molecule has 2 aromatic carbocycles. The van der Waals surface area contributed by atoms with E-state index in [1.54, 1.807) is 6.20 Å². The van der Waals surface area contributed by atoms with Gasteiger partial charge >= 0.3 is 0 Å². The van der Waals surface area contributed by atoms with E-state index < -0.39 is 0 Å². The SMILES string of the molecule is C=C(c1ccc(Cc2ccccc2)cc1)c1c[nH]c2nccc(N)c12. The van der Waals surface area contributed by atoms with Crippen molar-refractivity contribution in [2.75, 3.05) is 5.73 Å². The lowest BCUT2D eigenvalue weighted by Gasteiger charge is -2.08. The highest BCUT2D eigenvalue weighted by Gasteiger charge is 2.12. The molecule has 0 saturated heterocycles. The quantitative estimate of drug-likeness (QED) is 0.566. The third-order valence-corrected chi connectivity index (χ3v) is 4.48. The Kier molecular flexibility index (Phi) is 3.82. The number of aromatic amines is 1. The smallest absolute Gasteiger partial charge is 0.139 e. The van der Waals surface area contributed by atoms with Crippen molar-refractivity contribution in [2.24, 2.45) is 0 Å². The van der Waals surface area contributed by atoms with E-state index in [1.807, 2.05) is 18.3 Å². The maximum absolute atomic E-state index is 6.13. The normalized spacial score (nSPS) is 10.9. The number of rotatable bonds is 4.